The standard InChI is InChI=1S/C15H17N3O4S2/c1-16-15(20)11-5-7-12(8-6-11)17-13(19)10-18(2)24(21,22)14-4-3-9-23-14/h3-9H,10H2,1-2H3,(H,16,20)(H,17,19). The van der Waals surface area contributed by atoms with Gasteiger partial charge in [0.05, 0.1) is 6.54 Å². The normalized spacial score (nSPS) is 11.3. The molecule has 0 radical (unpaired) electrons. The van der Waals surface area contributed by atoms with Gasteiger partial charge in [0.25, 0.3) is 15.9 Å². The lowest BCUT2D eigenvalue weighted by Gasteiger charge is -2.15. The van der Waals surface area contributed by atoms with E-state index in [4.69, 9.17) is 0 Å². The molecule has 0 spiro atoms. The minimum Gasteiger partial charge on any atom is -0.355 e. The fourth-order valence-electron chi connectivity index (χ4n) is 1.90. The van der Waals surface area contributed by atoms with Crippen LogP contribution in [-0.2, 0) is 14.8 Å². The number of likely N-dealkylation sites (N-methyl/N-ethyl adjacent to an activating group) is 1. The average Bonchev–Trinajstić information content (AvgIpc) is 3.10. The van der Waals surface area contributed by atoms with Crippen LogP contribution < -0.4 is 10.6 Å². The van der Waals surface area contributed by atoms with Crippen LogP contribution >= 0.6 is 11.3 Å². The van der Waals surface area contributed by atoms with E-state index in [2.05, 4.69) is 10.6 Å². The van der Waals surface area contributed by atoms with Crippen LogP contribution in [0.3, 0.4) is 0 Å². The van der Waals surface area contributed by atoms with Gasteiger partial charge < -0.3 is 10.6 Å². The van der Waals surface area contributed by atoms with E-state index in [0.29, 0.717) is 11.3 Å². The summed E-state index contributed by atoms with van der Waals surface area (Å²) in [4.78, 5) is 23.5. The summed E-state index contributed by atoms with van der Waals surface area (Å²) in [6.45, 7) is -0.308. The molecule has 1 aromatic carbocycles. The molecule has 1 aromatic heterocycles. The number of nitrogens with zero attached hydrogens (tertiary/aromatic N) is 1. The van der Waals surface area contributed by atoms with E-state index < -0.39 is 15.9 Å². The van der Waals surface area contributed by atoms with Gasteiger partial charge >= 0.3 is 0 Å². The van der Waals surface area contributed by atoms with Crippen molar-refractivity contribution in [2.24, 2.45) is 0 Å². The first-order valence-electron chi connectivity index (χ1n) is 6.96. The molecule has 2 amide bonds. The van der Waals surface area contributed by atoms with Gasteiger partial charge in [-0.15, -0.1) is 11.3 Å². The van der Waals surface area contributed by atoms with Crippen LogP contribution in [-0.4, -0.2) is 45.2 Å². The molecule has 0 fully saturated rings. The van der Waals surface area contributed by atoms with Gasteiger partial charge in [-0.25, -0.2) is 8.42 Å². The van der Waals surface area contributed by atoms with Crippen molar-refractivity contribution in [2.45, 2.75) is 4.21 Å². The van der Waals surface area contributed by atoms with Gasteiger partial charge in [-0.2, -0.15) is 4.31 Å². The number of carbonyl (C=O) groups is 2. The van der Waals surface area contributed by atoms with E-state index >= 15 is 0 Å². The molecular weight excluding hydrogens is 350 g/mol. The Labute approximate surface area is 144 Å². The highest BCUT2D eigenvalue weighted by molar-refractivity contribution is 7.91. The molecule has 1 heterocycles. The number of benzene rings is 1. The lowest BCUT2D eigenvalue weighted by molar-refractivity contribution is -0.116. The van der Waals surface area contributed by atoms with E-state index in [1.165, 1.54) is 20.2 Å². The Morgan fingerprint density at radius 3 is 2.38 bits per heavy atom. The van der Waals surface area contributed by atoms with Crippen molar-refractivity contribution in [3.63, 3.8) is 0 Å². The van der Waals surface area contributed by atoms with Crippen molar-refractivity contribution in [1.82, 2.24) is 9.62 Å². The summed E-state index contributed by atoms with van der Waals surface area (Å²) in [5.41, 5.74) is 0.947. The predicted molar refractivity (Wildman–Crippen MR) is 92.6 cm³/mol. The van der Waals surface area contributed by atoms with Crippen molar-refractivity contribution in [3.05, 3.63) is 47.3 Å². The molecule has 0 atom stereocenters. The third kappa shape index (κ3) is 4.19. The average molecular weight is 367 g/mol. The Morgan fingerprint density at radius 1 is 1.17 bits per heavy atom. The highest BCUT2D eigenvalue weighted by atomic mass is 32.2. The lowest BCUT2D eigenvalue weighted by Crippen LogP contribution is -2.34. The van der Waals surface area contributed by atoms with Crippen molar-refractivity contribution in [1.29, 1.82) is 0 Å². The van der Waals surface area contributed by atoms with E-state index in [1.807, 2.05) is 0 Å². The number of hydrogen-bond donors (Lipinski definition) is 2. The summed E-state index contributed by atoms with van der Waals surface area (Å²) in [5.74, 6) is -0.694. The zero-order valence-electron chi connectivity index (χ0n) is 13.1. The van der Waals surface area contributed by atoms with E-state index in [9.17, 15) is 18.0 Å². The van der Waals surface area contributed by atoms with Crippen molar-refractivity contribution < 1.29 is 18.0 Å². The molecule has 0 unspecified atom stereocenters. The van der Waals surface area contributed by atoms with E-state index in [-0.39, 0.29) is 16.7 Å². The number of amides is 2. The molecule has 0 saturated heterocycles. The van der Waals surface area contributed by atoms with E-state index in [1.54, 1.807) is 35.7 Å². The number of carbonyl (C=O) groups excluding carboxylic acids is 2. The summed E-state index contributed by atoms with van der Waals surface area (Å²) < 4.78 is 25.7. The first-order valence-corrected chi connectivity index (χ1v) is 9.28. The third-order valence-corrected chi connectivity index (χ3v) is 6.36. The molecule has 24 heavy (non-hydrogen) atoms. The predicted octanol–water partition coefficient (Wildman–Crippen LogP) is 1.37. The molecule has 9 heteroatoms. The summed E-state index contributed by atoms with van der Waals surface area (Å²) in [6.07, 6.45) is 0. The summed E-state index contributed by atoms with van der Waals surface area (Å²) in [5, 5.41) is 6.76. The summed E-state index contributed by atoms with van der Waals surface area (Å²) >= 11 is 1.10. The number of rotatable bonds is 6. The highest BCUT2D eigenvalue weighted by Crippen LogP contribution is 2.19. The number of anilines is 1. The molecule has 128 valence electrons. The van der Waals surface area contributed by atoms with Crippen LogP contribution in [0.2, 0.25) is 0 Å². The highest BCUT2D eigenvalue weighted by Gasteiger charge is 2.23. The van der Waals surface area contributed by atoms with Crippen LogP contribution in [0.15, 0.2) is 46.0 Å². The van der Waals surface area contributed by atoms with Gasteiger partial charge in [0, 0.05) is 25.3 Å². The van der Waals surface area contributed by atoms with Gasteiger partial charge in [-0.05, 0) is 35.7 Å². The second-order valence-corrected chi connectivity index (χ2v) is 8.12. The second-order valence-electron chi connectivity index (χ2n) is 4.90. The van der Waals surface area contributed by atoms with Crippen molar-refractivity contribution in [2.75, 3.05) is 26.0 Å². The number of sulfonamides is 1. The first kappa shape index (κ1) is 18.1. The SMILES string of the molecule is CNC(=O)c1ccc(NC(=O)CN(C)S(=O)(=O)c2cccs2)cc1. The van der Waals surface area contributed by atoms with Crippen molar-refractivity contribution >= 4 is 38.9 Å². The molecule has 0 aliphatic carbocycles. The van der Waals surface area contributed by atoms with Crippen LogP contribution in [0, 0.1) is 0 Å². The molecule has 2 aromatic rings. The third-order valence-electron chi connectivity index (χ3n) is 3.18. The maximum atomic E-state index is 12.2. The smallest absolute Gasteiger partial charge is 0.252 e. The van der Waals surface area contributed by atoms with Crippen molar-refractivity contribution in [3.8, 4) is 0 Å². The maximum absolute atomic E-state index is 12.2. The Kier molecular flexibility index (Phi) is 5.71. The minimum absolute atomic E-state index is 0.188. The summed E-state index contributed by atoms with van der Waals surface area (Å²) in [7, 11) is -0.786. The number of nitrogens with one attached hydrogen (secondary N) is 2. The Bertz CT molecular complexity index is 815. The van der Waals surface area contributed by atoms with Gasteiger partial charge in [0.15, 0.2) is 0 Å². The number of thiophene rings is 1. The maximum Gasteiger partial charge on any atom is 0.252 e. The molecule has 2 rings (SSSR count). The lowest BCUT2D eigenvalue weighted by atomic mass is 10.2. The molecule has 0 aliphatic heterocycles. The Balaban J connectivity index is 1.99. The fourth-order valence-corrected chi connectivity index (χ4v) is 4.23. The molecule has 0 bridgehead atoms. The van der Waals surface area contributed by atoms with Crippen LogP contribution in [0.4, 0.5) is 5.69 Å². The topological polar surface area (TPSA) is 95.6 Å². The quantitative estimate of drug-likeness (QED) is 0.806. The zero-order valence-corrected chi connectivity index (χ0v) is 14.8. The molecule has 2 N–H and O–H groups in total. The Morgan fingerprint density at radius 2 is 1.83 bits per heavy atom. The van der Waals surface area contributed by atoms with Gasteiger partial charge in [0.2, 0.25) is 5.91 Å². The Hall–Kier alpha value is -2.23. The van der Waals surface area contributed by atoms with Crippen LogP contribution in [0.25, 0.3) is 0 Å². The van der Waals surface area contributed by atoms with E-state index in [0.717, 1.165) is 15.6 Å². The monoisotopic (exact) mass is 367 g/mol. The largest absolute Gasteiger partial charge is 0.355 e. The van der Waals surface area contributed by atoms with Crippen LogP contribution in [0.1, 0.15) is 10.4 Å². The minimum atomic E-state index is -3.67. The molecule has 0 saturated carbocycles. The fraction of sp³-hybridized carbons (Fsp3) is 0.200. The zero-order chi connectivity index (χ0) is 17.7. The van der Waals surface area contributed by atoms with Gasteiger partial charge in [-0.1, -0.05) is 6.07 Å². The first-order chi connectivity index (χ1) is 11.3. The van der Waals surface area contributed by atoms with Gasteiger partial charge in [-0.3, -0.25) is 9.59 Å². The molecule has 0 aliphatic rings. The second kappa shape index (κ2) is 7.56. The van der Waals surface area contributed by atoms with Crippen LogP contribution in [0.5, 0.6) is 0 Å². The van der Waals surface area contributed by atoms with Gasteiger partial charge in [0.1, 0.15) is 4.21 Å². The number of hydrogen-bond acceptors (Lipinski definition) is 5. The summed E-state index contributed by atoms with van der Waals surface area (Å²) in [6, 6.07) is 9.43. The molecule has 7 nitrogen and oxygen atoms in total. The molecular formula is C15H17N3O4S2.